The Bertz CT molecular complexity index is 95.6. The molecule has 1 nitrogen and oxygen atoms in total. The van der Waals surface area contributed by atoms with Crippen molar-refractivity contribution < 1.29 is 0 Å². The topological polar surface area (TPSA) is 12.4 Å². The van der Waals surface area contributed by atoms with E-state index in [0.29, 0.717) is 0 Å². The molecule has 44 valence electrons. The van der Waals surface area contributed by atoms with Crippen LogP contribution in [0, 0.1) is 0 Å². The molecule has 0 radical (unpaired) electrons. The molecule has 0 aromatic rings. The van der Waals surface area contributed by atoms with Gasteiger partial charge in [-0.15, -0.1) is 0 Å². The number of aliphatic imine (C=N–C) groups is 1. The summed E-state index contributed by atoms with van der Waals surface area (Å²) in [5.74, 6) is 0. The Morgan fingerprint density at radius 1 is 1.12 bits per heavy atom. The van der Waals surface area contributed by atoms with Crippen LogP contribution in [0.5, 0.6) is 0 Å². The van der Waals surface area contributed by atoms with E-state index in [-0.39, 0.29) is 0 Å². The largest absolute Gasteiger partial charge is 0.265 e. The molecule has 0 N–H and O–H groups in total. The van der Waals surface area contributed by atoms with Crippen LogP contribution in [0.15, 0.2) is 29.4 Å². The van der Waals surface area contributed by atoms with E-state index in [4.69, 9.17) is 0 Å². The van der Waals surface area contributed by atoms with Crippen LogP contribution in [-0.2, 0) is 0 Å². The Kier molecular flexibility index (Phi) is 5.50. The average Bonchev–Trinajstić information content (AvgIpc) is 1.81. The van der Waals surface area contributed by atoms with E-state index in [1.807, 2.05) is 32.1 Å². The van der Waals surface area contributed by atoms with Gasteiger partial charge in [-0.2, -0.15) is 0 Å². The lowest BCUT2D eigenvalue weighted by atomic mass is 10.6. The SMILES string of the molecule is CC=CC=N/C=C\C. The highest BCUT2D eigenvalue weighted by atomic mass is 14.6. The van der Waals surface area contributed by atoms with Crippen molar-refractivity contribution in [1.82, 2.24) is 0 Å². The van der Waals surface area contributed by atoms with Gasteiger partial charge in [0.15, 0.2) is 0 Å². The van der Waals surface area contributed by atoms with Crippen molar-refractivity contribution in [2.24, 2.45) is 4.99 Å². The summed E-state index contributed by atoms with van der Waals surface area (Å²) in [6.07, 6.45) is 9.22. The minimum atomic E-state index is 1.75. The second kappa shape index (κ2) is 6.15. The molecule has 0 rings (SSSR count). The van der Waals surface area contributed by atoms with Crippen LogP contribution in [0.2, 0.25) is 0 Å². The molecule has 0 unspecified atom stereocenters. The molecule has 1 heteroatoms. The Balaban J connectivity index is 3.35. The minimum absolute atomic E-state index is 1.75. The Labute approximate surface area is 50.4 Å². The van der Waals surface area contributed by atoms with Crippen molar-refractivity contribution in [2.75, 3.05) is 0 Å². The average molecular weight is 109 g/mol. The highest BCUT2D eigenvalue weighted by Crippen LogP contribution is 1.71. The zero-order valence-electron chi connectivity index (χ0n) is 5.33. The highest BCUT2D eigenvalue weighted by Gasteiger charge is 1.55. The van der Waals surface area contributed by atoms with Crippen molar-refractivity contribution in [3.8, 4) is 0 Å². The zero-order valence-corrected chi connectivity index (χ0v) is 5.33. The summed E-state index contributed by atoms with van der Waals surface area (Å²) in [6, 6.07) is 0. The van der Waals surface area contributed by atoms with Crippen molar-refractivity contribution in [1.29, 1.82) is 0 Å². The first-order chi connectivity index (χ1) is 3.91. The number of hydrogen-bond donors (Lipinski definition) is 0. The second-order valence-corrected chi connectivity index (χ2v) is 1.31. The summed E-state index contributed by atoms with van der Waals surface area (Å²) in [6.45, 7) is 3.90. The third kappa shape index (κ3) is 5.15. The van der Waals surface area contributed by atoms with Gasteiger partial charge >= 0.3 is 0 Å². The van der Waals surface area contributed by atoms with Gasteiger partial charge in [0.1, 0.15) is 0 Å². The fourth-order valence-electron chi connectivity index (χ4n) is 0.272. The molecule has 0 aromatic heterocycles. The summed E-state index contributed by atoms with van der Waals surface area (Å²) < 4.78 is 0. The molecule has 0 amide bonds. The molecule has 0 saturated heterocycles. The van der Waals surface area contributed by atoms with Gasteiger partial charge in [0.25, 0.3) is 0 Å². The number of rotatable bonds is 2. The molecular formula is C7H11N. The van der Waals surface area contributed by atoms with E-state index in [0.717, 1.165) is 0 Å². The van der Waals surface area contributed by atoms with Gasteiger partial charge in [-0.25, -0.2) is 0 Å². The lowest BCUT2D eigenvalue weighted by Gasteiger charge is -1.69. The first-order valence-electron chi connectivity index (χ1n) is 2.67. The molecule has 0 fully saturated rings. The third-order valence-corrected chi connectivity index (χ3v) is 0.600. The second-order valence-electron chi connectivity index (χ2n) is 1.31. The van der Waals surface area contributed by atoms with Crippen molar-refractivity contribution in [3.63, 3.8) is 0 Å². The molecule has 8 heavy (non-hydrogen) atoms. The number of allylic oxidation sites excluding steroid dienone is 3. The van der Waals surface area contributed by atoms with Crippen LogP contribution in [-0.4, -0.2) is 6.21 Å². The zero-order chi connectivity index (χ0) is 6.24. The van der Waals surface area contributed by atoms with Crippen LogP contribution in [0.4, 0.5) is 0 Å². The molecule has 0 bridgehead atoms. The predicted molar refractivity (Wildman–Crippen MR) is 38.1 cm³/mol. The Hall–Kier alpha value is -0.850. The predicted octanol–water partition coefficient (Wildman–Crippen LogP) is 2.17. The van der Waals surface area contributed by atoms with E-state index in [9.17, 15) is 0 Å². The molecule has 0 aromatic carbocycles. The molecular weight excluding hydrogens is 98.1 g/mol. The molecule has 0 aliphatic rings. The van der Waals surface area contributed by atoms with Crippen molar-refractivity contribution >= 4 is 6.21 Å². The quantitative estimate of drug-likeness (QED) is 0.482. The summed E-state index contributed by atoms with van der Waals surface area (Å²) >= 11 is 0. The van der Waals surface area contributed by atoms with Crippen LogP contribution in [0.25, 0.3) is 0 Å². The summed E-state index contributed by atoms with van der Waals surface area (Å²) in [4.78, 5) is 3.89. The monoisotopic (exact) mass is 109 g/mol. The maximum Gasteiger partial charge on any atom is 0.0264 e. The summed E-state index contributed by atoms with van der Waals surface area (Å²) in [5, 5.41) is 0. The summed E-state index contributed by atoms with van der Waals surface area (Å²) in [5.41, 5.74) is 0. The van der Waals surface area contributed by atoms with Gasteiger partial charge in [-0.3, -0.25) is 4.99 Å². The molecule has 0 spiro atoms. The highest BCUT2D eigenvalue weighted by molar-refractivity contribution is 5.71. The van der Waals surface area contributed by atoms with Crippen molar-refractivity contribution in [2.45, 2.75) is 13.8 Å². The number of nitrogens with zero attached hydrogens (tertiary/aromatic N) is 1. The molecule has 0 aliphatic heterocycles. The standard InChI is InChI=1S/C7H11N/c1-3-5-7-8-6-4-2/h3-7H,1-2H3/b5-3?,6-4-,8-7?. The normalized spacial score (nSPS) is 12.8. The Morgan fingerprint density at radius 3 is 2.38 bits per heavy atom. The summed E-state index contributed by atoms with van der Waals surface area (Å²) in [7, 11) is 0. The van der Waals surface area contributed by atoms with Gasteiger partial charge in [0, 0.05) is 12.4 Å². The van der Waals surface area contributed by atoms with Crippen LogP contribution in [0.3, 0.4) is 0 Å². The molecule has 0 atom stereocenters. The molecule has 0 heterocycles. The van der Waals surface area contributed by atoms with Gasteiger partial charge in [-0.05, 0) is 19.9 Å². The lowest BCUT2D eigenvalue weighted by molar-refractivity contribution is 1.55. The molecule has 0 saturated carbocycles. The Morgan fingerprint density at radius 2 is 1.88 bits per heavy atom. The van der Waals surface area contributed by atoms with Crippen LogP contribution in [0.1, 0.15) is 13.8 Å². The van der Waals surface area contributed by atoms with E-state index < -0.39 is 0 Å². The smallest absolute Gasteiger partial charge is 0.0264 e. The maximum atomic E-state index is 3.89. The van der Waals surface area contributed by atoms with Crippen LogP contribution >= 0.6 is 0 Å². The number of hydrogen-bond acceptors (Lipinski definition) is 1. The van der Waals surface area contributed by atoms with Gasteiger partial charge in [0.2, 0.25) is 0 Å². The third-order valence-electron chi connectivity index (χ3n) is 0.600. The van der Waals surface area contributed by atoms with Crippen LogP contribution < -0.4 is 0 Å². The maximum absolute atomic E-state index is 3.89. The lowest BCUT2D eigenvalue weighted by Crippen LogP contribution is -1.57. The molecule has 0 aliphatic carbocycles. The first kappa shape index (κ1) is 7.15. The van der Waals surface area contributed by atoms with Crippen molar-refractivity contribution in [3.05, 3.63) is 24.4 Å². The van der Waals surface area contributed by atoms with Gasteiger partial charge in [-0.1, -0.05) is 12.2 Å². The first-order valence-corrected chi connectivity index (χ1v) is 2.67. The van der Waals surface area contributed by atoms with Gasteiger partial charge < -0.3 is 0 Å². The minimum Gasteiger partial charge on any atom is -0.265 e. The van der Waals surface area contributed by atoms with Gasteiger partial charge in [0.05, 0.1) is 0 Å². The van der Waals surface area contributed by atoms with E-state index >= 15 is 0 Å². The fraction of sp³-hybridized carbons (Fsp3) is 0.286. The fourth-order valence-corrected chi connectivity index (χ4v) is 0.272. The van der Waals surface area contributed by atoms with E-state index in [2.05, 4.69) is 4.99 Å². The van der Waals surface area contributed by atoms with E-state index in [1.165, 1.54) is 0 Å². The van der Waals surface area contributed by atoms with E-state index in [1.54, 1.807) is 12.4 Å².